The number of benzene rings is 2. The molecular weight excluding hydrogens is 425 g/mol. The van der Waals surface area contributed by atoms with E-state index in [-0.39, 0.29) is 49.4 Å². The predicted octanol–water partition coefficient (Wildman–Crippen LogP) is 3.32. The number of rotatable bonds is 8. The number of cyclic esters (lactones) is 1. The van der Waals surface area contributed by atoms with Gasteiger partial charge in [-0.05, 0) is 32.0 Å². The largest absolute Gasteiger partial charge is 0.442 e. The summed E-state index contributed by atoms with van der Waals surface area (Å²) in [6.45, 7) is 3.77. The summed E-state index contributed by atoms with van der Waals surface area (Å²) in [5.74, 6) is -0.708. The minimum Gasteiger partial charge on any atom is -0.442 e. The highest BCUT2D eigenvalue weighted by molar-refractivity contribution is 5.98. The third kappa shape index (κ3) is 5.39. The molecule has 0 radical (unpaired) electrons. The molecule has 0 bridgehead atoms. The summed E-state index contributed by atoms with van der Waals surface area (Å²) in [5, 5.41) is 5.96. The number of anilines is 1. The van der Waals surface area contributed by atoms with E-state index >= 15 is 0 Å². The van der Waals surface area contributed by atoms with Crippen molar-refractivity contribution >= 4 is 23.5 Å². The van der Waals surface area contributed by atoms with Crippen LogP contribution in [0.25, 0.3) is 0 Å². The summed E-state index contributed by atoms with van der Waals surface area (Å²) in [6.07, 6.45) is -0.140. The average Bonchev–Trinajstić information content (AvgIpc) is 3.46. The summed E-state index contributed by atoms with van der Waals surface area (Å²) in [7, 11) is 0. The second-order valence-electron chi connectivity index (χ2n) is 8.57. The molecule has 0 spiro atoms. The SMILES string of the molecule is Cc1ccc(C(=O)CCC(=O)NCC2CN(c3cccc(F)c3C3CCNC3)C(=O)O2)cc1. The van der Waals surface area contributed by atoms with Crippen molar-refractivity contribution in [1.29, 1.82) is 0 Å². The zero-order valence-corrected chi connectivity index (χ0v) is 18.6. The van der Waals surface area contributed by atoms with Crippen molar-refractivity contribution in [2.75, 3.05) is 31.1 Å². The maximum absolute atomic E-state index is 14.6. The van der Waals surface area contributed by atoms with Gasteiger partial charge in [-0.1, -0.05) is 35.9 Å². The highest BCUT2D eigenvalue weighted by Gasteiger charge is 2.36. The smallest absolute Gasteiger partial charge is 0.414 e. The molecule has 8 heteroatoms. The molecule has 2 aliphatic rings. The number of nitrogens with one attached hydrogen (secondary N) is 2. The zero-order chi connectivity index (χ0) is 23.4. The van der Waals surface area contributed by atoms with E-state index in [1.54, 1.807) is 24.3 Å². The van der Waals surface area contributed by atoms with Crippen molar-refractivity contribution in [3.63, 3.8) is 0 Å². The Labute approximate surface area is 192 Å². The van der Waals surface area contributed by atoms with Gasteiger partial charge in [0.15, 0.2) is 5.78 Å². The van der Waals surface area contributed by atoms with Crippen molar-refractivity contribution in [2.24, 2.45) is 0 Å². The number of nitrogens with zero attached hydrogens (tertiary/aromatic N) is 1. The first-order chi connectivity index (χ1) is 15.9. The molecule has 33 heavy (non-hydrogen) atoms. The molecule has 2 unspecified atom stereocenters. The number of ether oxygens (including phenoxy) is 1. The number of Topliss-reactive ketones (excluding diaryl/α,β-unsaturated/α-hetero) is 1. The molecule has 0 saturated carbocycles. The molecule has 4 rings (SSSR count). The Kier molecular flexibility index (Phi) is 7.03. The van der Waals surface area contributed by atoms with E-state index in [2.05, 4.69) is 10.6 Å². The molecule has 2 amide bonds. The lowest BCUT2D eigenvalue weighted by atomic mass is 9.95. The summed E-state index contributed by atoms with van der Waals surface area (Å²) in [6, 6.07) is 12.0. The van der Waals surface area contributed by atoms with Gasteiger partial charge >= 0.3 is 6.09 Å². The fourth-order valence-corrected chi connectivity index (χ4v) is 4.32. The van der Waals surface area contributed by atoms with Gasteiger partial charge in [0.25, 0.3) is 0 Å². The summed E-state index contributed by atoms with van der Waals surface area (Å²) < 4.78 is 20.0. The highest BCUT2D eigenvalue weighted by Crippen LogP contribution is 2.35. The van der Waals surface area contributed by atoms with E-state index < -0.39 is 12.2 Å². The summed E-state index contributed by atoms with van der Waals surface area (Å²) in [5.41, 5.74) is 2.69. The topological polar surface area (TPSA) is 87.7 Å². The van der Waals surface area contributed by atoms with Crippen LogP contribution in [0.2, 0.25) is 0 Å². The molecule has 2 N–H and O–H groups in total. The maximum Gasteiger partial charge on any atom is 0.414 e. The molecule has 2 aliphatic heterocycles. The normalized spacial score (nSPS) is 20.1. The molecule has 0 aromatic heterocycles. The molecule has 2 saturated heterocycles. The average molecular weight is 454 g/mol. The number of aryl methyl sites for hydroxylation is 1. The molecule has 2 aromatic rings. The number of halogens is 1. The van der Waals surface area contributed by atoms with Crippen LogP contribution in [0.4, 0.5) is 14.9 Å². The van der Waals surface area contributed by atoms with Gasteiger partial charge in [0.1, 0.15) is 11.9 Å². The predicted molar refractivity (Wildman–Crippen MR) is 122 cm³/mol. The maximum atomic E-state index is 14.6. The van der Waals surface area contributed by atoms with E-state index in [4.69, 9.17) is 4.74 Å². The van der Waals surface area contributed by atoms with Crippen LogP contribution >= 0.6 is 0 Å². The quantitative estimate of drug-likeness (QED) is 0.599. The third-order valence-corrected chi connectivity index (χ3v) is 6.14. The zero-order valence-electron chi connectivity index (χ0n) is 18.6. The first kappa shape index (κ1) is 22.9. The minimum atomic E-state index is -0.554. The Hall–Kier alpha value is -3.26. The van der Waals surface area contributed by atoms with E-state index in [1.165, 1.54) is 11.0 Å². The number of amides is 2. The minimum absolute atomic E-state index is 0.00109. The molecule has 2 fully saturated rings. The van der Waals surface area contributed by atoms with Gasteiger partial charge in [0.2, 0.25) is 5.91 Å². The Morgan fingerprint density at radius 2 is 1.97 bits per heavy atom. The lowest BCUT2D eigenvalue weighted by Crippen LogP contribution is -2.35. The summed E-state index contributed by atoms with van der Waals surface area (Å²) >= 11 is 0. The molecule has 7 nitrogen and oxygen atoms in total. The van der Waals surface area contributed by atoms with Crippen LogP contribution in [0.5, 0.6) is 0 Å². The third-order valence-electron chi connectivity index (χ3n) is 6.14. The van der Waals surface area contributed by atoms with Gasteiger partial charge in [-0.15, -0.1) is 0 Å². The molecule has 2 aromatic carbocycles. The molecule has 174 valence electrons. The van der Waals surface area contributed by atoms with Crippen molar-refractivity contribution in [3.8, 4) is 0 Å². The van der Waals surface area contributed by atoms with Crippen LogP contribution in [-0.2, 0) is 9.53 Å². The Bertz CT molecular complexity index is 1030. The van der Waals surface area contributed by atoms with Crippen LogP contribution in [0.1, 0.15) is 46.7 Å². The van der Waals surface area contributed by atoms with E-state index in [9.17, 15) is 18.8 Å². The van der Waals surface area contributed by atoms with Crippen molar-refractivity contribution < 1.29 is 23.5 Å². The molecular formula is C25H28FN3O4. The standard InChI is InChI=1S/C25H28FN3O4/c1-16-5-7-17(8-6-16)22(30)9-10-23(31)28-14-19-15-29(25(32)33-19)21-4-2-3-20(26)24(21)18-11-12-27-13-18/h2-8,18-19,27H,9-15H2,1H3,(H,28,31). The van der Waals surface area contributed by atoms with Gasteiger partial charge in [-0.2, -0.15) is 0 Å². The lowest BCUT2D eigenvalue weighted by molar-refractivity contribution is -0.121. The highest BCUT2D eigenvalue weighted by atomic mass is 19.1. The van der Waals surface area contributed by atoms with Crippen molar-refractivity contribution in [3.05, 3.63) is 65.0 Å². The van der Waals surface area contributed by atoms with Crippen LogP contribution in [0.3, 0.4) is 0 Å². The van der Waals surface area contributed by atoms with Crippen LogP contribution in [-0.4, -0.2) is 50.1 Å². The second kappa shape index (κ2) is 10.1. The molecule has 2 heterocycles. The number of hydrogen-bond donors (Lipinski definition) is 2. The van der Waals surface area contributed by atoms with Gasteiger partial charge < -0.3 is 15.4 Å². The molecule has 2 atom stereocenters. The fourth-order valence-electron chi connectivity index (χ4n) is 4.32. The van der Waals surface area contributed by atoms with Gasteiger partial charge in [0, 0.05) is 36.4 Å². The van der Waals surface area contributed by atoms with Crippen LogP contribution in [0, 0.1) is 12.7 Å². The Morgan fingerprint density at radius 3 is 2.70 bits per heavy atom. The first-order valence-electron chi connectivity index (χ1n) is 11.3. The number of hydrogen-bond acceptors (Lipinski definition) is 5. The Balaban J connectivity index is 1.30. The number of carbonyl (C=O) groups is 3. The number of ketones is 1. The monoisotopic (exact) mass is 453 g/mol. The van der Waals surface area contributed by atoms with Crippen LogP contribution < -0.4 is 15.5 Å². The van der Waals surface area contributed by atoms with Crippen molar-refractivity contribution in [2.45, 2.75) is 38.2 Å². The first-order valence-corrected chi connectivity index (χ1v) is 11.3. The lowest BCUT2D eigenvalue weighted by Gasteiger charge is -2.21. The molecule has 0 aliphatic carbocycles. The van der Waals surface area contributed by atoms with Crippen molar-refractivity contribution in [1.82, 2.24) is 10.6 Å². The second-order valence-corrected chi connectivity index (χ2v) is 8.57. The van der Waals surface area contributed by atoms with Gasteiger partial charge in [-0.3, -0.25) is 14.5 Å². The number of carbonyl (C=O) groups excluding carboxylic acids is 3. The Morgan fingerprint density at radius 1 is 1.18 bits per heavy atom. The van der Waals surface area contributed by atoms with Gasteiger partial charge in [0.05, 0.1) is 18.8 Å². The van der Waals surface area contributed by atoms with E-state index in [0.717, 1.165) is 18.5 Å². The van der Waals surface area contributed by atoms with E-state index in [0.29, 0.717) is 23.4 Å². The van der Waals surface area contributed by atoms with E-state index in [1.807, 2.05) is 19.1 Å². The fraction of sp³-hybridized carbons (Fsp3) is 0.400. The summed E-state index contributed by atoms with van der Waals surface area (Å²) in [4.78, 5) is 38.4. The van der Waals surface area contributed by atoms with Gasteiger partial charge in [-0.25, -0.2) is 9.18 Å². The van der Waals surface area contributed by atoms with Crippen LogP contribution in [0.15, 0.2) is 42.5 Å².